The van der Waals surface area contributed by atoms with E-state index in [0.717, 1.165) is 23.1 Å². The van der Waals surface area contributed by atoms with Crippen LogP contribution < -0.4 is 10.6 Å². The molecule has 1 aromatic carbocycles. The van der Waals surface area contributed by atoms with Gasteiger partial charge in [-0.1, -0.05) is 12.1 Å². The van der Waals surface area contributed by atoms with Crippen molar-refractivity contribution in [2.45, 2.75) is 44.0 Å². The number of nitrogens with one attached hydrogen (secondary N) is 2. The number of sulfone groups is 1. The van der Waals surface area contributed by atoms with Crippen molar-refractivity contribution in [3.63, 3.8) is 0 Å². The molecule has 0 aliphatic carbocycles. The molecule has 8 heteroatoms. The Morgan fingerprint density at radius 3 is 2.58 bits per heavy atom. The quantitative estimate of drug-likeness (QED) is 0.820. The largest absolute Gasteiger partial charge is 0.347 e. The van der Waals surface area contributed by atoms with E-state index >= 15 is 0 Å². The Kier molecular flexibility index (Phi) is 5.07. The number of hydrogen-bond donors (Lipinski definition) is 2. The van der Waals surface area contributed by atoms with Crippen LogP contribution in [0.15, 0.2) is 24.3 Å². The number of amides is 1. The fourth-order valence-electron chi connectivity index (χ4n) is 3.71. The van der Waals surface area contributed by atoms with Crippen LogP contribution in [0.25, 0.3) is 11.0 Å². The minimum atomic E-state index is -3.52. The average molecular weight is 378 g/mol. The highest BCUT2D eigenvalue weighted by Gasteiger charge is 2.48. The van der Waals surface area contributed by atoms with Crippen LogP contribution in [-0.2, 0) is 21.2 Å². The van der Waals surface area contributed by atoms with E-state index in [0.29, 0.717) is 13.1 Å². The molecule has 0 atom stereocenters. The monoisotopic (exact) mass is 378 g/mol. The van der Waals surface area contributed by atoms with Crippen molar-refractivity contribution in [2.75, 3.05) is 19.3 Å². The highest BCUT2D eigenvalue weighted by Crippen LogP contribution is 2.28. The van der Waals surface area contributed by atoms with Gasteiger partial charge in [-0.15, -0.1) is 0 Å². The highest BCUT2D eigenvalue weighted by molar-refractivity contribution is 7.92. The van der Waals surface area contributed by atoms with Gasteiger partial charge in [0.2, 0.25) is 5.91 Å². The maximum Gasteiger partial charge on any atom is 0.241 e. The van der Waals surface area contributed by atoms with Crippen LogP contribution in [-0.4, -0.2) is 48.0 Å². The van der Waals surface area contributed by atoms with Crippen molar-refractivity contribution in [1.82, 2.24) is 20.2 Å². The fourth-order valence-corrected chi connectivity index (χ4v) is 5.07. The third-order valence-corrected chi connectivity index (χ3v) is 7.14. The van der Waals surface area contributed by atoms with Crippen molar-refractivity contribution in [3.05, 3.63) is 30.1 Å². The predicted octanol–water partition coefficient (Wildman–Crippen LogP) is 1.40. The van der Waals surface area contributed by atoms with E-state index in [9.17, 15) is 13.2 Å². The Labute approximate surface area is 154 Å². The Hall–Kier alpha value is -1.93. The van der Waals surface area contributed by atoms with Gasteiger partial charge in [0.25, 0.3) is 0 Å². The number of fused-ring (bicyclic) bond motifs is 1. The first-order chi connectivity index (χ1) is 12.3. The van der Waals surface area contributed by atoms with Crippen LogP contribution in [0.5, 0.6) is 0 Å². The van der Waals surface area contributed by atoms with Crippen LogP contribution in [0.1, 0.15) is 38.6 Å². The van der Waals surface area contributed by atoms with Gasteiger partial charge in [-0.3, -0.25) is 4.79 Å². The molecule has 1 aliphatic heterocycles. The number of rotatable bonds is 5. The first kappa shape index (κ1) is 18.8. The lowest BCUT2D eigenvalue weighted by atomic mass is 9.96. The Bertz CT molecular complexity index is 912. The van der Waals surface area contributed by atoms with E-state index in [4.69, 9.17) is 0 Å². The van der Waals surface area contributed by atoms with E-state index in [1.165, 1.54) is 0 Å². The summed E-state index contributed by atoms with van der Waals surface area (Å²) < 4.78 is 25.5. The van der Waals surface area contributed by atoms with Crippen molar-refractivity contribution in [3.8, 4) is 0 Å². The molecule has 0 radical (unpaired) electrons. The molecule has 2 heterocycles. The van der Waals surface area contributed by atoms with E-state index < -0.39 is 20.5 Å². The van der Waals surface area contributed by atoms with Crippen LogP contribution in [0.2, 0.25) is 0 Å². The molecule has 142 valence electrons. The van der Waals surface area contributed by atoms with Crippen molar-refractivity contribution in [1.29, 1.82) is 0 Å². The number of hydrogen-bond acceptors (Lipinski definition) is 5. The standard InChI is InChI=1S/C18H26N4O3S/c1-13(2)22-15-7-5-4-6-14(15)21-16(22)12-20-17(23)18(26(3,24)25)8-10-19-11-9-18/h4-7,13,19H,8-12H2,1-3H3,(H,20,23). The summed E-state index contributed by atoms with van der Waals surface area (Å²) in [6.07, 6.45) is 1.73. The van der Waals surface area contributed by atoms with Crippen molar-refractivity contribution < 1.29 is 13.2 Å². The first-order valence-corrected chi connectivity index (χ1v) is 10.8. The molecule has 1 aromatic heterocycles. The number of aromatic nitrogens is 2. The summed E-state index contributed by atoms with van der Waals surface area (Å²) >= 11 is 0. The SMILES string of the molecule is CC(C)n1c(CNC(=O)C2(S(C)(=O)=O)CCNCC2)nc2ccccc21. The molecule has 3 rings (SSSR count). The van der Waals surface area contributed by atoms with Gasteiger partial charge < -0.3 is 15.2 Å². The maximum absolute atomic E-state index is 12.9. The molecule has 1 amide bonds. The molecular formula is C18H26N4O3S. The van der Waals surface area contributed by atoms with Crippen LogP contribution in [0, 0.1) is 0 Å². The van der Waals surface area contributed by atoms with E-state index in [1.807, 2.05) is 24.3 Å². The molecule has 1 aliphatic rings. The number of para-hydroxylation sites is 2. The third kappa shape index (κ3) is 3.23. The molecule has 1 saturated heterocycles. The lowest BCUT2D eigenvalue weighted by Gasteiger charge is -2.34. The van der Waals surface area contributed by atoms with Gasteiger partial charge in [0.15, 0.2) is 14.6 Å². The van der Waals surface area contributed by atoms with Gasteiger partial charge in [-0.25, -0.2) is 13.4 Å². The molecular weight excluding hydrogens is 352 g/mol. The van der Waals surface area contributed by atoms with Gasteiger partial charge >= 0.3 is 0 Å². The summed E-state index contributed by atoms with van der Waals surface area (Å²) in [5, 5.41) is 5.96. The minimum Gasteiger partial charge on any atom is -0.347 e. The summed E-state index contributed by atoms with van der Waals surface area (Å²) in [7, 11) is -3.52. The smallest absolute Gasteiger partial charge is 0.241 e. The van der Waals surface area contributed by atoms with Gasteiger partial charge in [0.05, 0.1) is 17.6 Å². The molecule has 0 bridgehead atoms. The predicted molar refractivity (Wildman–Crippen MR) is 102 cm³/mol. The summed E-state index contributed by atoms with van der Waals surface area (Å²) in [6.45, 7) is 5.36. The van der Waals surface area contributed by atoms with Crippen molar-refractivity contribution >= 4 is 26.8 Å². The number of imidazole rings is 1. The maximum atomic E-state index is 12.9. The molecule has 0 saturated carbocycles. The zero-order valence-electron chi connectivity index (χ0n) is 15.4. The first-order valence-electron chi connectivity index (χ1n) is 8.91. The summed E-state index contributed by atoms with van der Waals surface area (Å²) in [5.41, 5.74) is 1.87. The van der Waals surface area contributed by atoms with Gasteiger partial charge in [-0.05, 0) is 51.9 Å². The van der Waals surface area contributed by atoms with E-state index in [1.54, 1.807) is 0 Å². The van der Waals surface area contributed by atoms with Crippen LogP contribution >= 0.6 is 0 Å². The lowest BCUT2D eigenvalue weighted by Crippen LogP contribution is -2.57. The number of piperidine rings is 1. The molecule has 2 N–H and O–H groups in total. The highest BCUT2D eigenvalue weighted by atomic mass is 32.2. The van der Waals surface area contributed by atoms with Crippen LogP contribution in [0.3, 0.4) is 0 Å². The lowest BCUT2D eigenvalue weighted by molar-refractivity contribution is -0.124. The molecule has 2 aromatic rings. The summed E-state index contributed by atoms with van der Waals surface area (Å²) in [4.78, 5) is 17.5. The number of nitrogens with zero attached hydrogens (tertiary/aromatic N) is 2. The molecule has 26 heavy (non-hydrogen) atoms. The minimum absolute atomic E-state index is 0.178. The van der Waals surface area contributed by atoms with E-state index in [2.05, 4.69) is 34.0 Å². The van der Waals surface area contributed by atoms with Crippen molar-refractivity contribution in [2.24, 2.45) is 0 Å². The zero-order chi connectivity index (χ0) is 18.9. The second kappa shape index (κ2) is 7.00. The van der Waals surface area contributed by atoms with Gasteiger partial charge in [0, 0.05) is 12.3 Å². The fraction of sp³-hybridized carbons (Fsp3) is 0.556. The molecule has 0 unspecified atom stereocenters. The summed E-state index contributed by atoms with van der Waals surface area (Å²) in [5.74, 6) is 0.302. The van der Waals surface area contributed by atoms with Crippen LogP contribution in [0.4, 0.5) is 0 Å². The average Bonchev–Trinajstić information content (AvgIpc) is 2.97. The number of carbonyl (C=O) groups excluding carboxylic acids is 1. The zero-order valence-corrected chi connectivity index (χ0v) is 16.3. The summed E-state index contributed by atoms with van der Waals surface area (Å²) in [6, 6.07) is 8.00. The molecule has 0 spiro atoms. The second-order valence-corrected chi connectivity index (χ2v) is 9.51. The third-order valence-electron chi connectivity index (χ3n) is 5.13. The Balaban J connectivity index is 1.87. The number of benzene rings is 1. The number of carbonyl (C=O) groups is 1. The Morgan fingerprint density at radius 1 is 1.31 bits per heavy atom. The topological polar surface area (TPSA) is 93.1 Å². The molecule has 1 fully saturated rings. The second-order valence-electron chi connectivity index (χ2n) is 7.18. The van der Waals surface area contributed by atoms with Gasteiger partial charge in [-0.2, -0.15) is 0 Å². The van der Waals surface area contributed by atoms with Gasteiger partial charge in [0.1, 0.15) is 5.82 Å². The normalized spacial score (nSPS) is 17.5. The molecule has 7 nitrogen and oxygen atoms in total. The Morgan fingerprint density at radius 2 is 1.96 bits per heavy atom. The van der Waals surface area contributed by atoms with E-state index in [-0.39, 0.29) is 25.4 Å².